The largest absolute Gasteiger partial charge is 0.329 e. The van der Waals surface area contributed by atoms with Crippen molar-refractivity contribution in [3.63, 3.8) is 0 Å². The van der Waals surface area contributed by atoms with Crippen LogP contribution in [-0.2, 0) is 13.1 Å². The van der Waals surface area contributed by atoms with Gasteiger partial charge in [0.15, 0.2) is 0 Å². The number of aromatic nitrogens is 2. The Labute approximate surface area is 146 Å². The molecular formula is C20H21F2N3. The first-order valence-electron chi connectivity index (χ1n) is 8.23. The molecule has 5 heteroatoms. The molecule has 130 valence electrons. The molecule has 25 heavy (non-hydrogen) atoms. The highest BCUT2D eigenvalue weighted by molar-refractivity contribution is 5.22. The van der Waals surface area contributed by atoms with E-state index >= 15 is 0 Å². The maximum atomic E-state index is 14.0. The van der Waals surface area contributed by atoms with Gasteiger partial charge in [-0.15, -0.1) is 0 Å². The number of imidazole rings is 1. The van der Waals surface area contributed by atoms with Crippen LogP contribution >= 0.6 is 0 Å². The Balaban J connectivity index is 1.74. The minimum atomic E-state index is -0.428. The maximum absolute atomic E-state index is 14.0. The lowest BCUT2D eigenvalue weighted by molar-refractivity contribution is 0.238. The fourth-order valence-corrected chi connectivity index (χ4v) is 2.85. The topological polar surface area (TPSA) is 21.1 Å². The first-order chi connectivity index (χ1) is 12.0. The van der Waals surface area contributed by atoms with Gasteiger partial charge in [0, 0.05) is 30.5 Å². The molecule has 1 aromatic heterocycles. The Hall–Kier alpha value is -2.53. The molecule has 0 saturated carbocycles. The van der Waals surface area contributed by atoms with Crippen molar-refractivity contribution >= 4 is 0 Å². The van der Waals surface area contributed by atoms with Gasteiger partial charge < -0.3 is 4.57 Å². The predicted octanol–water partition coefficient (Wildman–Crippen LogP) is 4.40. The van der Waals surface area contributed by atoms with Crippen LogP contribution < -0.4 is 0 Å². The summed E-state index contributed by atoms with van der Waals surface area (Å²) in [5.74, 6) is 0.0608. The van der Waals surface area contributed by atoms with E-state index in [0.29, 0.717) is 12.1 Å². The summed E-state index contributed by atoms with van der Waals surface area (Å²) in [6, 6.07) is 13.4. The second-order valence-electron chi connectivity index (χ2n) is 6.21. The lowest BCUT2D eigenvalue weighted by Gasteiger charge is -2.25. The summed E-state index contributed by atoms with van der Waals surface area (Å²) in [6.45, 7) is 3.13. The molecule has 0 radical (unpaired) electrons. The Morgan fingerprint density at radius 2 is 1.88 bits per heavy atom. The molecular weight excluding hydrogens is 320 g/mol. The van der Waals surface area contributed by atoms with Gasteiger partial charge in [-0.3, -0.25) is 4.90 Å². The van der Waals surface area contributed by atoms with Crippen molar-refractivity contribution in [3.8, 4) is 0 Å². The summed E-state index contributed by atoms with van der Waals surface area (Å²) in [5.41, 5.74) is 1.54. The van der Waals surface area contributed by atoms with Crippen LogP contribution in [0.3, 0.4) is 0 Å². The summed E-state index contributed by atoms with van der Waals surface area (Å²) in [4.78, 5) is 6.38. The van der Waals surface area contributed by atoms with Gasteiger partial charge in [-0.25, -0.2) is 13.8 Å². The van der Waals surface area contributed by atoms with Crippen molar-refractivity contribution in [1.29, 1.82) is 0 Å². The van der Waals surface area contributed by atoms with Gasteiger partial charge in [-0.2, -0.15) is 0 Å². The number of hydrogen-bond acceptors (Lipinski definition) is 2. The molecule has 0 amide bonds. The molecule has 1 unspecified atom stereocenters. The van der Waals surface area contributed by atoms with Crippen molar-refractivity contribution in [1.82, 2.24) is 14.5 Å². The second kappa shape index (κ2) is 7.57. The predicted molar refractivity (Wildman–Crippen MR) is 94.0 cm³/mol. The van der Waals surface area contributed by atoms with Crippen LogP contribution in [0.2, 0.25) is 0 Å². The van der Waals surface area contributed by atoms with Gasteiger partial charge in [-0.1, -0.05) is 30.3 Å². The fraction of sp³-hybridized carbons (Fsp3) is 0.250. The van der Waals surface area contributed by atoms with Gasteiger partial charge in [-0.05, 0) is 37.7 Å². The molecule has 3 nitrogen and oxygen atoms in total. The van der Waals surface area contributed by atoms with Gasteiger partial charge in [0.25, 0.3) is 0 Å². The van der Waals surface area contributed by atoms with Crippen molar-refractivity contribution in [2.24, 2.45) is 0 Å². The van der Waals surface area contributed by atoms with E-state index in [1.54, 1.807) is 6.20 Å². The quantitative estimate of drug-likeness (QED) is 0.662. The van der Waals surface area contributed by atoms with Gasteiger partial charge in [0.05, 0.1) is 6.54 Å². The Morgan fingerprint density at radius 1 is 1.12 bits per heavy atom. The molecule has 1 atom stereocenters. The highest BCUT2D eigenvalue weighted by atomic mass is 19.1. The summed E-state index contributed by atoms with van der Waals surface area (Å²) < 4.78 is 29.5. The summed E-state index contributed by atoms with van der Waals surface area (Å²) >= 11 is 0. The van der Waals surface area contributed by atoms with E-state index in [1.165, 1.54) is 17.7 Å². The molecule has 0 bridgehead atoms. The third-order valence-corrected chi connectivity index (χ3v) is 4.46. The van der Waals surface area contributed by atoms with Crippen LogP contribution in [0.5, 0.6) is 0 Å². The number of nitrogens with zero attached hydrogens (tertiary/aromatic N) is 3. The van der Waals surface area contributed by atoms with E-state index in [4.69, 9.17) is 0 Å². The van der Waals surface area contributed by atoms with E-state index in [-0.39, 0.29) is 6.04 Å². The first kappa shape index (κ1) is 17.3. The van der Waals surface area contributed by atoms with Crippen molar-refractivity contribution in [2.45, 2.75) is 26.1 Å². The molecule has 2 aromatic carbocycles. The first-order valence-corrected chi connectivity index (χ1v) is 8.23. The SMILES string of the molecule is CC(c1cc(F)ccc1F)N(C)Cc1nccn1Cc1ccccc1. The van der Waals surface area contributed by atoms with Crippen molar-refractivity contribution in [2.75, 3.05) is 7.05 Å². The Morgan fingerprint density at radius 3 is 2.64 bits per heavy atom. The van der Waals surface area contributed by atoms with Crippen molar-refractivity contribution in [3.05, 3.63) is 89.5 Å². The summed E-state index contributed by atoms with van der Waals surface area (Å²) in [7, 11) is 1.89. The molecule has 0 aliphatic heterocycles. The highest BCUT2D eigenvalue weighted by Crippen LogP contribution is 2.24. The number of hydrogen-bond donors (Lipinski definition) is 0. The third kappa shape index (κ3) is 4.12. The van der Waals surface area contributed by atoms with Gasteiger partial charge in [0.2, 0.25) is 0 Å². The normalized spacial score (nSPS) is 12.5. The Bertz CT molecular complexity index is 830. The molecule has 0 fully saturated rings. The summed E-state index contributed by atoms with van der Waals surface area (Å²) in [5, 5.41) is 0. The molecule has 0 aliphatic carbocycles. The van der Waals surface area contributed by atoms with Crippen LogP contribution in [-0.4, -0.2) is 21.5 Å². The average Bonchev–Trinajstić information content (AvgIpc) is 3.04. The molecule has 3 aromatic rings. The Kier molecular flexibility index (Phi) is 5.24. The van der Waals surface area contributed by atoms with Crippen LogP contribution in [0, 0.1) is 11.6 Å². The van der Waals surface area contributed by atoms with E-state index in [9.17, 15) is 8.78 Å². The van der Waals surface area contributed by atoms with Crippen LogP contribution in [0.25, 0.3) is 0 Å². The van der Waals surface area contributed by atoms with Gasteiger partial charge >= 0.3 is 0 Å². The number of rotatable bonds is 6. The molecule has 0 aliphatic rings. The van der Waals surface area contributed by atoms with E-state index in [2.05, 4.69) is 21.7 Å². The zero-order valence-corrected chi connectivity index (χ0v) is 14.4. The molecule has 0 N–H and O–H groups in total. The zero-order valence-electron chi connectivity index (χ0n) is 14.4. The number of halogens is 2. The minimum absolute atomic E-state index is 0.266. The van der Waals surface area contributed by atoms with E-state index in [0.717, 1.165) is 18.4 Å². The molecule has 1 heterocycles. The zero-order chi connectivity index (χ0) is 17.8. The third-order valence-electron chi connectivity index (χ3n) is 4.46. The van der Waals surface area contributed by atoms with Crippen molar-refractivity contribution < 1.29 is 8.78 Å². The molecule has 3 rings (SSSR count). The molecule has 0 saturated heterocycles. The second-order valence-corrected chi connectivity index (χ2v) is 6.21. The lowest BCUT2D eigenvalue weighted by Crippen LogP contribution is -2.25. The van der Waals surface area contributed by atoms with Gasteiger partial charge in [0.1, 0.15) is 17.5 Å². The van der Waals surface area contributed by atoms with Crippen LogP contribution in [0.1, 0.15) is 29.9 Å². The minimum Gasteiger partial charge on any atom is -0.329 e. The fourth-order valence-electron chi connectivity index (χ4n) is 2.85. The van der Waals surface area contributed by atoms with Crippen LogP contribution in [0.15, 0.2) is 60.9 Å². The smallest absolute Gasteiger partial charge is 0.128 e. The standard InChI is InChI=1S/C20H21F2N3/c1-15(18-12-17(21)8-9-19(18)22)24(2)14-20-23-10-11-25(20)13-16-6-4-3-5-7-16/h3-12,15H,13-14H2,1-2H3. The van der Waals surface area contributed by atoms with E-state index in [1.807, 2.05) is 43.3 Å². The van der Waals surface area contributed by atoms with E-state index < -0.39 is 11.6 Å². The van der Waals surface area contributed by atoms with Crippen LogP contribution in [0.4, 0.5) is 8.78 Å². The highest BCUT2D eigenvalue weighted by Gasteiger charge is 2.18. The summed E-state index contributed by atoms with van der Waals surface area (Å²) in [6.07, 6.45) is 3.70. The number of benzene rings is 2. The maximum Gasteiger partial charge on any atom is 0.128 e. The molecule has 0 spiro atoms. The average molecular weight is 341 g/mol. The monoisotopic (exact) mass is 341 g/mol. The lowest BCUT2D eigenvalue weighted by atomic mass is 10.1.